The van der Waals surface area contributed by atoms with Crippen molar-refractivity contribution >= 4 is 10.8 Å². The molecule has 1 N–H and O–H groups in total. The number of rotatable bonds is 13. The highest BCUT2D eigenvalue weighted by molar-refractivity contribution is 7.85. The summed E-state index contributed by atoms with van der Waals surface area (Å²) in [4.78, 5) is 0. The van der Waals surface area contributed by atoms with Crippen LogP contribution in [-0.2, 0) is 25.0 Å². The summed E-state index contributed by atoms with van der Waals surface area (Å²) < 4.78 is 27.5. The Morgan fingerprint density at radius 2 is 1.52 bits per heavy atom. The molecular formula is C15H31NO4S. The van der Waals surface area contributed by atoms with E-state index >= 15 is 0 Å². The molecule has 0 aliphatic carbocycles. The molecule has 6 heteroatoms. The SMILES string of the molecule is CCCCOCCOCCOCCNC1CCS(=O)CC1. The molecule has 0 aromatic carbocycles. The Morgan fingerprint density at radius 1 is 0.952 bits per heavy atom. The van der Waals surface area contributed by atoms with Crippen LogP contribution in [0.2, 0.25) is 0 Å². The summed E-state index contributed by atoms with van der Waals surface area (Å²) in [6, 6.07) is 0.516. The van der Waals surface area contributed by atoms with E-state index in [9.17, 15) is 4.21 Å². The van der Waals surface area contributed by atoms with E-state index in [1.807, 2.05) is 0 Å². The molecule has 21 heavy (non-hydrogen) atoms. The van der Waals surface area contributed by atoms with Crippen molar-refractivity contribution in [3.05, 3.63) is 0 Å². The third-order valence-corrected chi connectivity index (χ3v) is 4.84. The normalized spacial score (nSPS) is 22.5. The van der Waals surface area contributed by atoms with E-state index < -0.39 is 10.8 Å². The van der Waals surface area contributed by atoms with Crippen molar-refractivity contribution in [1.82, 2.24) is 5.32 Å². The van der Waals surface area contributed by atoms with Crippen LogP contribution in [0.3, 0.4) is 0 Å². The van der Waals surface area contributed by atoms with Crippen LogP contribution in [0.5, 0.6) is 0 Å². The average molecular weight is 321 g/mol. The first kappa shape index (κ1) is 19.0. The molecule has 0 aromatic heterocycles. The predicted octanol–water partition coefficient (Wildman–Crippen LogP) is 1.34. The summed E-state index contributed by atoms with van der Waals surface area (Å²) >= 11 is 0. The van der Waals surface area contributed by atoms with Gasteiger partial charge in [-0.25, -0.2) is 0 Å². The van der Waals surface area contributed by atoms with Crippen molar-refractivity contribution in [2.75, 3.05) is 57.7 Å². The van der Waals surface area contributed by atoms with E-state index in [4.69, 9.17) is 14.2 Å². The first-order valence-corrected chi connectivity index (χ1v) is 9.63. The van der Waals surface area contributed by atoms with Gasteiger partial charge in [0.2, 0.25) is 0 Å². The minimum Gasteiger partial charge on any atom is -0.379 e. The smallest absolute Gasteiger partial charge is 0.0701 e. The van der Waals surface area contributed by atoms with Crippen molar-refractivity contribution < 1.29 is 18.4 Å². The van der Waals surface area contributed by atoms with Crippen LogP contribution in [0.25, 0.3) is 0 Å². The van der Waals surface area contributed by atoms with Crippen molar-refractivity contribution in [2.24, 2.45) is 0 Å². The monoisotopic (exact) mass is 321 g/mol. The van der Waals surface area contributed by atoms with Crippen molar-refractivity contribution in [3.63, 3.8) is 0 Å². The number of nitrogens with one attached hydrogen (secondary N) is 1. The van der Waals surface area contributed by atoms with Gasteiger partial charge in [0.05, 0.1) is 33.0 Å². The third kappa shape index (κ3) is 11.2. The van der Waals surface area contributed by atoms with Crippen LogP contribution in [-0.4, -0.2) is 67.9 Å². The second kappa shape index (κ2) is 13.6. The highest BCUT2D eigenvalue weighted by Crippen LogP contribution is 2.08. The van der Waals surface area contributed by atoms with Gasteiger partial charge in [-0.1, -0.05) is 13.3 Å². The molecule has 0 bridgehead atoms. The summed E-state index contributed by atoms with van der Waals surface area (Å²) in [5, 5.41) is 3.45. The topological polar surface area (TPSA) is 56.8 Å². The molecule has 5 nitrogen and oxygen atoms in total. The summed E-state index contributed by atoms with van der Waals surface area (Å²) in [5.41, 5.74) is 0. The van der Waals surface area contributed by atoms with Gasteiger partial charge in [0.25, 0.3) is 0 Å². The Kier molecular flexibility index (Phi) is 12.4. The van der Waals surface area contributed by atoms with E-state index in [1.165, 1.54) is 6.42 Å². The Labute approximate surface area is 131 Å². The minimum atomic E-state index is -0.576. The predicted molar refractivity (Wildman–Crippen MR) is 86.3 cm³/mol. The minimum absolute atomic E-state index is 0.516. The van der Waals surface area contributed by atoms with Gasteiger partial charge in [-0.05, 0) is 19.3 Å². The number of hydrogen-bond acceptors (Lipinski definition) is 5. The van der Waals surface area contributed by atoms with Gasteiger partial charge in [-0.2, -0.15) is 0 Å². The van der Waals surface area contributed by atoms with Crippen LogP contribution >= 0.6 is 0 Å². The molecule has 0 radical (unpaired) electrons. The number of unbranched alkanes of at least 4 members (excludes halogenated alkanes) is 1. The Bertz CT molecular complexity index is 256. The van der Waals surface area contributed by atoms with Gasteiger partial charge < -0.3 is 19.5 Å². The molecule has 0 unspecified atom stereocenters. The lowest BCUT2D eigenvalue weighted by Crippen LogP contribution is -2.37. The molecule has 0 aromatic rings. The van der Waals surface area contributed by atoms with Crippen molar-refractivity contribution in [2.45, 2.75) is 38.6 Å². The lowest BCUT2D eigenvalue weighted by atomic mass is 10.1. The molecule has 1 saturated heterocycles. The highest BCUT2D eigenvalue weighted by Gasteiger charge is 2.16. The third-order valence-electron chi connectivity index (χ3n) is 3.45. The van der Waals surface area contributed by atoms with Gasteiger partial charge >= 0.3 is 0 Å². The zero-order chi connectivity index (χ0) is 15.2. The van der Waals surface area contributed by atoms with Gasteiger partial charge in [0.15, 0.2) is 0 Å². The lowest BCUT2D eigenvalue weighted by Gasteiger charge is -2.22. The molecule has 1 heterocycles. The molecule has 0 amide bonds. The van der Waals surface area contributed by atoms with Crippen LogP contribution < -0.4 is 5.32 Å². The molecule has 1 rings (SSSR count). The van der Waals surface area contributed by atoms with Crippen LogP contribution in [0.15, 0.2) is 0 Å². The van der Waals surface area contributed by atoms with E-state index in [0.717, 1.165) is 43.9 Å². The molecule has 1 aliphatic heterocycles. The maximum Gasteiger partial charge on any atom is 0.0701 e. The van der Waals surface area contributed by atoms with E-state index in [1.54, 1.807) is 0 Å². The fourth-order valence-electron chi connectivity index (χ4n) is 2.12. The summed E-state index contributed by atoms with van der Waals surface area (Å²) in [5.74, 6) is 1.68. The fraction of sp³-hybridized carbons (Fsp3) is 1.00. The van der Waals surface area contributed by atoms with E-state index in [2.05, 4.69) is 12.2 Å². The quantitative estimate of drug-likeness (QED) is 0.519. The van der Waals surface area contributed by atoms with Gasteiger partial charge in [0, 0.05) is 41.5 Å². The largest absolute Gasteiger partial charge is 0.379 e. The highest BCUT2D eigenvalue weighted by atomic mass is 32.2. The molecule has 0 spiro atoms. The van der Waals surface area contributed by atoms with Crippen LogP contribution in [0.4, 0.5) is 0 Å². The zero-order valence-electron chi connectivity index (χ0n) is 13.3. The van der Waals surface area contributed by atoms with E-state index in [-0.39, 0.29) is 0 Å². The van der Waals surface area contributed by atoms with Gasteiger partial charge in [0.1, 0.15) is 0 Å². The summed E-state index contributed by atoms with van der Waals surface area (Å²) in [6.07, 6.45) is 4.33. The Morgan fingerprint density at radius 3 is 2.14 bits per heavy atom. The molecule has 1 fully saturated rings. The lowest BCUT2D eigenvalue weighted by molar-refractivity contribution is 0.0143. The zero-order valence-corrected chi connectivity index (χ0v) is 14.1. The Balaban J connectivity index is 1.74. The average Bonchev–Trinajstić information content (AvgIpc) is 2.50. The standard InChI is InChI=1S/C15H31NO4S/c1-2-3-7-18-9-11-20-12-10-19-8-6-16-15-4-13-21(17)14-5-15/h15-16H,2-14H2,1H3. The Hall–Kier alpha value is -0.0100. The maximum atomic E-state index is 11.2. The second-order valence-corrected chi connectivity index (χ2v) is 6.96. The molecule has 0 saturated carbocycles. The van der Waals surface area contributed by atoms with Gasteiger partial charge in [-0.15, -0.1) is 0 Å². The second-order valence-electron chi connectivity index (χ2n) is 5.27. The summed E-state index contributed by atoms with van der Waals surface area (Å²) in [7, 11) is -0.576. The number of hydrogen-bond donors (Lipinski definition) is 1. The van der Waals surface area contributed by atoms with Crippen molar-refractivity contribution in [1.29, 1.82) is 0 Å². The summed E-state index contributed by atoms with van der Waals surface area (Å²) in [6.45, 7) is 7.12. The molecular weight excluding hydrogens is 290 g/mol. The fourth-order valence-corrected chi connectivity index (χ4v) is 3.42. The molecule has 1 aliphatic rings. The van der Waals surface area contributed by atoms with Crippen LogP contribution in [0.1, 0.15) is 32.6 Å². The van der Waals surface area contributed by atoms with Crippen LogP contribution in [0, 0.1) is 0 Å². The maximum absolute atomic E-state index is 11.2. The van der Waals surface area contributed by atoms with E-state index in [0.29, 0.717) is 39.1 Å². The number of ether oxygens (including phenoxy) is 3. The van der Waals surface area contributed by atoms with Crippen molar-refractivity contribution in [3.8, 4) is 0 Å². The molecule has 126 valence electrons. The first-order valence-electron chi connectivity index (χ1n) is 8.14. The molecule has 0 atom stereocenters. The first-order chi connectivity index (χ1) is 10.3. The van der Waals surface area contributed by atoms with Gasteiger partial charge in [-0.3, -0.25) is 4.21 Å².